The second-order valence-corrected chi connectivity index (χ2v) is 10.5. The molecule has 1 aliphatic carbocycles. The van der Waals surface area contributed by atoms with Crippen LogP contribution in [0.4, 0.5) is 11.5 Å². The molecular formula is C26H31N7O2. The molecule has 4 heterocycles. The maximum atomic E-state index is 13.2. The average Bonchev–Trinajstić information content (AvgIpc) is 3.58. The summed E-state index contributed by atoms with van der Waals surface area (Å²) in [5.41, 5.74) is 4.05. The fourth-order valence-electron chi connectivity index (χ4n) is 5.45. The molecule has 2 aromatic heterocycles. The summed E-state index contributed by atoms with van der Waals surface area (Å²) in [4.78, 5) is 41.7. The lowest BCUT2D eigenvalue weighted by atomic mass is 9.73. The SMILES string of the molecule is CC(C)c1ccc2c(c1)C1(CCN(c3ncnc4c3nc(C(=O)NCC3CC3)n4C)CC1)C(=O)N2. The van der Waals surface area contributed by atoms with Gasteiger partial charge in [-0.3, -0.25) is 9.59 Å². The van der Waals surface area contributed by atoms with E-state index < -0.39 is 5.41 Å². The number of piperidine rings is 1. The number of hydrogen-bond donors (Lipinski definition) is 2. The van der Waals surface area contributed by atoms with Gasteiger partial charge in [-0.25, -0.2) is 15.0 Å². The topological polar surface area (TPSA) is 105 Å². The van der Waals surface area contributed by atoms with Gasteiger partial charge in [-0.15, -0.1) is 0 Å². The number of aryl methyl sites for hydroxylation is 1. The molecule has 2 amide bonds. The number of rotatable bonds is 5. The number of aromatic nitrogens is 4. The van der Waals surface area contributed by atoms with Crippen molar-refractivity contribution in [3.05, 3.63) is 41.5 Å². The molecule has 2 N–H and O–H groups in total. The number of nitrogens with zero attached hydrogens (tertiary/aromatic N) is 5. The summed E-state index contributed by atoms with van der Waals surface area (Å²) in [5, 5.41) is 6.11. The molecule has 182 valence electrons. The van der Waals surface area contributed by atoms with E-state index in [0.717, 1.165) is 17.1 Å². The molecule has 1 saturated carbocycles. The van der Waals surface area contributed by atoms with Crippen molar-refractivity contribution in [2.45, 2.75) is 50.9 Å². The Balaban J connectivity index is 1.27. The molecule has 9 nitrogen and oxygen atoms in total. The van der Waals surface area contributed by atoms with Gasteiger partial charge in [-0.05, 0) is 54.7 Å². The molecule has 3 aliphatic rings. The summed E-state index contributed by atoms with van der Waals surface area (Å²) >= 11 is 0. The van der Waals surface area contributed by atoms with Crippen molar-refractivity contribution in [2.24, 2.45) is 13.0 Å². The standard InChI is InChI=1S/C26H31N7O2/c1-15(2)17-6-7-19-18(12-17)26(25(35)30-19)8-10-33(11-9-26)22-20-21(28-14-29-22)32(3)23(31-20)24(34)27-13-16-4-5-16/h6-7,12,14-16H,4-5,8-11,13H2,1-3H3,(H,27,34)(H,30,35). The third-order valence-corrected chi connectivity index (χ3v) is 7.91. The zero-order valence-corrected chi connectivity index (χ0v) is 20.5. The molecule has 1 spiro atoms. The first-order valence-electron chi connectivity index (χ1n) is 12.5. The van der Waals surface area contributed by atoms with Gasteiger partial charge in [0.2, 0.25) is 11.7 Å². The number of imidazole rings is 1. The average molecular weight is 474 g/mol. The molecule has 35 heavy (non-hydrogen) atoms. The minimum absolute atomic E-state index is 0.0911. The molecule has 0 unspecified atom stereocenters. The van der Waals surface area contributed by atoms with E-state index in [-0.39, 0.29) is 11.8 Å². The van der Waals surface area contributed by atoms with E-state index in [1.807, 2.05) is 13.1 Å². The van der Waals surface area contributed by atoms with Crippen molar-refractivity contribution in [3.8, 4) is 0 Å². The summed E-state index contributed by atoms with van der Waals surface area (Å²) in [6, 6.07) is 6.36. The summed E-state index contributed by atoms with van der Waals surface area (Å²) in [5.74, 6) is 1.98. The van der Waals surface area contributed by atoms with E-state index in [1.54, 1.807) is 4.57 Å². The molecule has 0 atom stereocenters. The zero-order chi connectivity index (χ0) is 24.3. The van der Waals surface area contributed by atoms with Crippen molar-refractivity contribution in [1.82, 2.24) is 24.8 Å². The lowest BCUT2D eigenvalue weighted by Crippen LogP contribution is -2.46. The van der Waals surface area contributed by atoms with Crippen LogP contribution in [0.3, 0.4) is 0 Å². The van der Waals surface area contributed by atoms with Gasteiger partial charge < -0.3 is 20.1 Å². The number of hydrogen-bond acceptors (Lipinski definition) is 6. The summed E-state index contributed by atoms with van der Waals surface area (Å²) in [6.07, 6.45) is 5.27. The molecular weight excluding hydrogens is 442 g/mol. The van der Waals surface area contributed by atoms with Crippen LogP contribution in [0.1, 0.15) is 67.2 Å². The van der Waals surface area contributed by atoms with Crippen LogP contribution in [0.5, 0.6) is 0 Å². The number of fused-ring (bicyclic) bond motifs is 3. The van der Waals surface area contributed by atoms with Crippen LogP contribution < -0.4 is 15.5 Å². The molecule has 2 aliphatic heterocycles. The van der Waals surface area contributed by atoms with E-state index in [2.05, 4.69) is 56.5 Å². The zero-order valence-electron chi connectivity index (χ0n) is 20.5. The van der Waals surface area contributed by atoms with Crippen molar-refractivity contribution >= 4 is 34.5 Å². The highest BCUT2D eigenvalue weighted by Crippen LogP contribution is 2.46. The normalized spacial score (nSPS) is 18.9. The highest BCUT2D eigenvalue weighted by Gasteiger charge is 2.49. The van der Waals surface area contributed by atoms with Crippen LogP contribution in [0, 0.1) is 5.92 Å². The molecule has 0 radical (unpaired) electrons. The van der Waals surface area contributed by atoms with Gasteiger partial charge in [0.15, 0.2) is 17.0 Å². The highest BCUT2D eigenvalue weighted by molar-refractivity contribution is 6.06. The van der Waals surface area contributed by atoms with Gasteiger partial charge >= 0.3 is 0 Å². The smallest absolute Gasteiger partial charge is 0.287 e. The van der Waals surface area contributed by atoms with E-state index >= 15 is 0 Å². The van der Waals surface area contributed by atoms with Crippen molar-refractivity contribution in [1.29, 1.82) is 0 Å². The highest BCUT2D eigenvalue weighted by atomic mass is 16.2. The van der Waals surface area contributed by atoms with Gasteiger partial charge in [0.25, 0.3) is 5.91 Å². The molecule has 9 heteroatoms. The van der Waals surface area contributed by atoms with E-state index in [1.165, 1.54) is 24.7 Å². The number of anilines is 2. The van der Waals surface area contributed by atoms with Gasteiger partial charge in [0, 0.05) is 32.4 Å². The van der Waals surface area contributed by atoms with Gasteiger partial charge in [0.05, 0.1) is 5.41 Å². The second kappa shape index (κ2) is 8.03. The molecule has 3 aromatic rings. The lowest BCUT2D eigenvalue weighted by Gasteiger charge is -2.38. The largest absolute Gasteiger partial charge is 0.355 e. The van der Waals surface area contributed by atoms with Crippen molar-refractivity contribution in [2.75, 3.05) is 29.9 Å². The number of amides is 2. The van der Waals surface area contributed by atoms with Crippen LogP contribution in [0.2, 0.25) is 0 Å². The lowest BCUT2D eigenvalue weighted by molar-refractivity contribution is -0.121. The van der Waals surface area contributed by atoms with Crippen LogP contribution in [0.25, 0.3) is 11.2 Å². The Hall–Kier alpha value is -3.49. The minimum Gasteiger partial charge on any atom is -0.355 e. The predicted molar refractivity (Wildman–Crippen MR) is 134 cm³/mol. The number of carbonyl (C=O) groups is 2. The fourth-order valence-corrected chi connectivity index (χ4v) is 5.45. The minimum atomic E-state index is -0.513. The Morgan fingerprint density at radius 3 is 2.71 bits per heavy atom. The Kier molecular flexibility index (Phi) is 5.05. The van der Waals surface area contributed by atoms with E-state index in [4.69, 9.17) is 0 Å². The van der Waals surface area contributed by atoms with E-state index in [9.17, 15) is 9.59 Å². The third kappa shape index (κ3) is 3.56. The van der Waals surface area contributed by atoms with Crippen LogP contribution >= 0.6 is 0 Å². The molecule has 1 aromatic carbocycles. The Morgan fingerprint density at radius 1 is 1.23 bits per heavy atom. The van der Waals surface area contributed by atoms with Crippen molar-refractivity contribution in [3.63, 3.8) is 0 Å². The first-order chi connectivity index (χ1) is 16.9. The number of carbonyl (C=O) groups excluding carboxylic acids is 2. The van der Waals surface area contributed by atoms with Crippen LogP contribution in [-0.2, 0) is 17.3 Å². The Morgan fingerprint density at radius 2 is 2.00 bits per heavy atom. The molecule has 1 saturated heterocycles. The molecule has 2 fully saturated rings. The van der Waals surface area contributed by atoms with E-state index in [0.29, 0.717) is 61.3 Å². The maximum Gasteiger partial charge on any atom is 0.287 e. The van der Waals surface area contributed by atoms with Crippen molar-refractivity contribution < 1.29 is 9.59 Å². The number of nitrogens with one attached hydrogen (secondary N) is 2. The van der Waals surface area contributed by atoms with Crippen LogP contribution in [-0.4, -0.2) is 51.0 Å². The summed E-state index contributed by atoms with van der Waals surface area (Å²) in [6.45, 7) is 6.38. The quantitative estimate of drug-likeness (QED) is 0.590. The Bertz CT molecular complexity index is 1330. The Labute approximate surface area is 204 Å². The van der Waals surface area contributed by atoms with Gasteiger partial charge in [0.1, 0.15) is 6.33 Å². The first kappa shape index (κ1) is 22.0. The predicted octanol–water partition coefficient (Wildman–Crippen LogP) is 3.12. The second-order valence-electron chi connectivity index (χ2n) is 10.5. The maximum absolute atomic E-state index is 13.2. The fraction of sp³-hybridized carbons (Fsp3) is 0.500. The first-order valence-corrected chi connectivity index (χ1v) is 12.5. The third-order valence-electron chi connectivity index (χ3n) is 7.91. The summed E-state index contributed by atoms with van der Waals surface area (Å²) < 4.78 is 1.74. The molecule has 0 bridgehead atoms. The summed E-state index contributed by atoms with van der Waals surface area (Å²) in [7, 11) is 1.81. The van der Waals surface area contributed by atoms with Crippen LogP contribution in [0.15, 0.2) is 24.5 Å². The van der Waals surface area contributed by atoms with Gasteiger partial charge in [-0.1, -0.05) is 26.0 Å². The van der Waals surface area contributed by atoms with Gasteiger partial charge in [-0.2, -0.15) is 0 Å². The monoisotopic (exact) mass is 473 g/mol. The number of benzene rings is 1. The molecule has 6 rings (SSSR count).